The molecule has 5 rings (SSSR count). The molecule has 1 aromatic carbocycles. The van der Waals surface area contributed by atoms with Crippen LogP contribution in [0.15, 0.2) is 67.1 Å². The molecular formula is C24H22N6O2. The lowest BCUT2D eigenvalue weighted by Gasteiger charge is -2.27. The van der Waals surface area contributed by atoms with E-state index in [0.717, 1.165) is 16.8 Å². The number of carbonyl (C=O) groups excluding carboxylic acids is 2. The highest BCUT2D eigenvalue weighted by Gasteiger charge is 2.28. The van der Waals surface area contributed by atoms with Crippen molar-refractivity contribution in [3.63, 3.8) is 0 Å². The summed E-state index contributed by atoms with van der Waals surface area (Å²) in [6.45, 7) is 3.59. The first-order valence-electron chi connectivity index (χ1n) is 10.5. The highest BCUT2D eigenvalue weighted by molar-refractivity contribution is 6.00. The molecular weight excluding hydrogens is 404 g/mol. The summed E-state index contributed by atoms with van der Waals surface area (Å²) in [5.74, 6) is 0.0649. The molecule has 0 spiro atoms. The van der Waals surface area contributed by atoms with Gasteiger partial charge in [0.15, 0.2) is 5.82 Å². The van der Waals surface area contributed by atoms with Crippen LogP contribution in [-0.4, -0.2) is 42.8 Å². The molecule has 4 aromatic rings. The minimum absolute atomic E-state index is 0.130. The SMILES string of the molecule is C[C@@H](NC(=O)c1ccc2c(c1)nc1n2CCN(Cc2ccccn2)C1=O)c1cccnc1. The maximum absolute atomic E-state index is 13.0. The molecule has 0 bridgehead atoms. The standard InChI is InChI=1S/C24H22N6O2/c1-16(18-5-4-9-25-14-18)27-23(31)17-7-8-21-20(13-17)28-22-24(32)29(11-12-30(21)22)15-19-6-2-3-10-26-19/h2-10,13-14,16H,11-12,15H2,1H3,(H,27,31)/t16-/m1/s1. The topological polar surface area (TPSA) is 93.0 Å². The largest absolute Gasteiger partial charge is 0.345 e. The van der Waals surface area contributed by atoms with Gasteiger partial charge in [-0.25, -0.2) is 4.98 Å². The Labute approximate surface area is 184 Å². The average molecular weight is 426 g/mol. The highest BCUT2D eigenvalue weighted by Crippen LogP contribution is 2.23. The Bertz CT molecular complexity index is 1290. The van der Waals surface area contributed by atoms with Crippen LogP contribution in [0.3, 0.4) is 0 Å². The van der Waals surface area contributed by atoms with E-state index < -0.39 is 0 Å². The van der Waals surface area contributed by atoms with Gasteiger partial charge in [-0.05, 0) is 48.9 Å². The van der Waals surface area contributed by atoms with Crippen molar-refractivity contribution >= 4 is 22.8 Å². The number of nitrogens with one attached hydrogen (secondary N) is 1. The number of rotatable bonds is 5. The molecule has 4 heterocycles. The van der Waals surface area contributed by atoms with E-state index in [1.165, 1.54) is 0 Å². The molecule has 0 fully saturated rings. The summed E-state index contributed by atoms with van der Waals surface area (Å²) in [4.78, 5) is 40.6. The van der Waals surface area contributed by atoms with Crippen LogP contribution in [0.4, 0.5) is 0 Å². The number of fused-ring (bicyclic) bond motifs is 3. The lowest BCUT2D eigenvalue weighted by atomic mass is 10.1. The maximum atomic E-state index is 13.0. The van der Waals surface area contributed by atoms with Gasteiger partial charge < -0.3 is 14.8 Å². The van der Waals surface area contributed by atoms with Gasteiger partial charge in [0.2, 0.25) is 0 Å². The number of carbonyl (C=O) groups is 2. The van der Waals surface area contributed by atoms with Gasteiger partial charge in [-0.1, -0.05) is 12.1 Å². The van der Waals surface area contributed by atoms with Gasteiger partial charge in [0, 0.05) is 37.2 Å². The Hall–Kier alpha value is -4.07. The van der Waals surface area contributed by atoms with E-state index in [-0.39, 0.29) is 17.9 Å². The molecule has 0 saturated heterocycles. The highest BCUT2D eigenvalue weighted by atomic mass is 16.2. The first-order valence-corrected chi connectivity index (χ1v) is 10.5. The van der Waals surface area contributed by atoms with Crippen molar-refractivity contribution in [3.05, 3.63) is 89.8 Å². The smallest absolute Gasteiger partial charge is 0.290 e. The minimum Gasteiger partial charge on any atom is -0.345 e. The molecule has 1 atom stereocenters. The normalized spacial score (nSPS) is 14.3. The van der Waals surface area contributed by atoms with Gasteiger partial charge >= 0.3 is 0 Å². The fourth-order valence-corrected chi connectivity index (χ4v) is 3.96. The molecule has 32 heavy (non-hydrogen) atoms. The zero-order valence-electron chi connectivity index (χ0n) is 17.6. The maximum Gasteiger partial charge on any atom is 0.290 e. The Kier molecular flexibility index (Phi) is 5.10. The fraction of sp³-hybridized carbons (Fsp3) is 0.208. The second kappa shape index (κ2) is 8.22. The number of aromatic nitrogens is 4. The number of hydrogen-bond acceptors (Lipinski definition) is 5. The lowest BCUT2D eigenvalue weighted by molar-refractivity contribution is 0.0682. The van der Waals surface area contributed by atoms with Crippen LogP contribution in [0.5, 0.6) is 0 Å². The summed E-state index contributed by atoms with van der Waals surface area (Å²) in [6, 6.07) is 14.6. The Morgan fingerprint density at radius 3 is 2.81 bits per heavy atom. The summed E-state index contributed by atoms with van der Waals surface area (Å²) in [5, 5.41) is 2.99. The predicted octanol–water partition coefficient (Wildman–Crippen LogP) is 2.97. The Morgan fingerprint density at radius 2 is 2.03 bits per heavy atom. The van der Waals surface area contributed by atoms with Crippen molar-refractivity contribution in [2.75, 3.05) is 6.54 Å². The molecule has 8 nitrogen and oxygen atoms in total. The van der Waals surface area contributed by atoms with Crippen molar-refractivity contribution < 1.29 is 9.59 Å². The van der Waals surface area contributed by atoms with Crippen LogP contribution in [0.1, 0.15) is 45.2 Å². The number of benzene rings is 1. The number of imidazole rings is 1. The van der Waals surface area contributed by atoms with E-state index in [0.29, 0.717) is 36.5 Å². The minimum atomic E-state index is -0.197. The fourth-order valence-electron chi connectivity index (χ4n) is 3.96. The van der Waals surface area contributed by atoms with E-state index in [9.17, 15) is 9.59 Å². The number of amides is 2. The van der Waals surface area contributed by atoms with Crippen LogP contribution in [0, 0.1) is 0 Å². The monoisotopic (exact) mass is 426 g/mol. The molecule has 8 heteroatoms. The predicted molar refractivity (Wildman–Crippen MR) is 119 cm³/mol. The van der Waals surface area contributed by atoms with Gasteiger partial charge in [0.25, 0.3) is 11.8 Å². The molecule has 0 unspecified atom stereocenters. The third-order valence-corrected chi connectivity index (χ3v) is 5.69. The van der Waals surface area contributed by atoms with Crippen molar-refractivity contribution in [2.45, 2.75) is 26.1 Å². The van der Waals surface area contributed by atoms with Gasteiger partial charge in [-0.2, -0.15) is 0 Å². The second-order valence-corrected chi connectivity index (χ2v) is 7.82. The van der Waals surface area contributed by atoms with E-state index in [1.54, 1.807) is 35.6 Å². The molecule has 0 radical (unpaired) electrons. The van der Waals surface area contributed by atoms with Crippen LogP contribution < -0.4 is 5.32 Å². The third kappa shape index (κ3) is 3.71. The quantitative estimate of drug-likeness (QED) is 0.530. The lowest BCUT2D eigenvalue weighted by Crippen LogP contribution is -2.40. The molecule has 1 aliphatic rings. The number of nitrogens with zero attached hydrogens (tertiary/aromatic N) is 5. The first kappa shape index (κ1) is 19.9. The molecule has 2 amide bonds. The second-order valence-electron chi connectivity index (χ2n) is 7.82. The molecule has 3 aromatic heterocycles. The van der Waals surface area contributed by atoms with Crippen molar-refractivity contribution in [3.8, 4) is 0 Å². The van der Waals surface area contributed by atoms with Gasteiger partial charge in [0.05, 0.1) is 29.3 Å². The molecule has 160 valence electrons. The van der Waals surface area contributed by atoms with Crippen LogP contribution in [0.25, 0.3) is 11.0 Å². The van der Waals surface area contributed by atoms with Crippen molar-refractivity contribution in [1.29, 1.82) is 0 Å². The summed E-state index contributed by atoms with van der Waals surface area (Å²) < 4.78 is 1.92. The number of pyridine rings is 2. The van der Waals surface area contributed by atoms with Gasteiger partial charge in [-0.3, -0.25) is 19.6 Å². The van der Waals surface area contributed by atoms with Crippen LogP contribution in [-0.2, 0) is 13.1 Å². The van der Waals surface area contributed by atoms with E-state index in [1.807, 2.05) is 47.9 Å². The molecule has 1 N–H and O–H groups in total. The van der Waals surface area contributed by atoms with E-state index in [4.69, 9.17) is 0 Å². The summed E-state index contributed by atoms with van der Waals surface area (Å²) in [7, 11) is 0. The third-order valence-electron chi connectivity index (χ3n) is 5.69. The van der Waals surface area contributed by atoms with Crippen LogP contribution in [0.2, 0.25) is 0 Å². The summed E-state index contributed by atoms with van der Waals surface area (Å²) in [6.07, 6.45) is 5.16. The first-order chi connectivity index (χ1) is 15.6. The Morgan fingerprint density at radius 1 is 1.12 bits per heavy atom. The molecule has 1 aliphatic heterocycles. The molecule has 0 aliphatic carbocycles. The summed E-state index contributed by atoms with van der Waals surface area (Å²) in [5.41, 5.74) is 3.75. The van der Waals surface area contributed by atoms with Crippen LogP contribution >= 0.6 is 0 Å². The number of hydrogen-bond donors (Lipinski definition) is 1. The zero-order valence-corrected chi connectivity index (χ0v) is 17.6. The zero-order chi connectivity index (χ0) is 22.1. The van der Waals surface area contributed by atoms with Crippen molar-refractivity contribution in [1.82, 2.24) is 29.7 Å². The average Bonchev–Trinajstić information content (AvgIpc) is 3.21. The van der Waals surface area contributed by atoms with E-state index >= 15 is 0 Å². The van der Waals surface area contributed by atoms with Gasteiger partial charge in [-0.15, -0.1) is 0 Å². The summed E-state index contributed by atoms with van der Waals surface area (Å²) >= 11 is 0. The van der Waals surface area contributed by atoms with Gasteiger partial charge in [0.1, 0.15) is 0 Å². The molecule has 0 saturated carbocycles. The van der Waals surface area contributed by atoms with E-state index in [2.05, 4.69) is 20.3 Å². The Balaban J connectivity index is 1.37. The van der Waals surface area contributed by atoms with Crippen molar-refractivity contribution in [2.24, 2.45) is 0 Å².